The molecule has 1 heterocycles. The summed E-state index contributed by atoms with van der Waals surface area (Å²) in [5, 5.41) is 13.7. The van der Waals surface area contributed by atoms with Crippen LogP contribution in [0.5, 0.6) is 0 Å². The highest BCUT2D eigenvalue weighted by Gasteiger charge is 2.27. The Labute approximate surface area is 99.0 Å². The average Bonchev–Trinajstić information content (AvgIpc) is 3.11. The van der Waals surface area contributed by atoms with Gasteiger partial charge in [0.05, 0.1) is 4.92 Å². The number of hydrogen-bond donors (Lipinski definition) is 1. The molecular formula is C10H15N5O2. The summed E-state index contributed by atoms with van der Waals surface area (Å²) in [6.45, 7) is 0.807. The van der Waals surface area contributed by atoms with Gasteiger partial charge in [-0.1, -0.05) is 0 Å². The first kappa shape index (κ1) is 11.6. The van der Waals surface area contributed by atoms with Crippen molar-refractivity contribution in [2.75, 3.05) is 30.9 Å². The van der Waals surface area contributed by atoms with Crippen LogP contribution in [0.2, 0.25) is 0 Å². The minimum absolute atomic E-state index is 0.0489. The van der Waals surface area contributed by atoms with E-state index in [4.69, 9.17) is 0 Å². The molecule has 0 atom stereocenters. The summed E-state index contributed by atoms with van der Waals surface area (Å²) >= 11 is 0. The molecule has 0 radical (unpaired) electrons. The van der Waals surface area contributed by atoms with Crippen molar-refractivity contribution in [1.29, 1.82) is 0 Å². The smallest absolute Gasteiger partial charge is 0.329 e. The lowest BCUT2D eigenvalue weighted by atomic mass is 10.3. The Bertz CT molecular complexity index is 433. The highest BCUT2D eigenvalue weighted by atomic mass is 16.6. The fraction of sp³-hybridized carbons (Fsp3) is 0.600. The third kappa shape index (κ3) is 2.61. The van der Waals surface area contributed by atoms with E-state index in [9.17, 15) is 10.1 Å². The second-order valence-electron chi connectivity index (χ2n) is 4.23. The molecule has 1 fully saturated rings. The summed E-state index contributed by atoms with van der Waals surface area (Å²) in [4.78, 5) is 20.3. The molecule has 17 heavy (non-hydrogen) atoms. The van der Waals surface area contributed by atoms with Crippen molar-refractivity contribution in [3.63, 3.8) is 0 Å². The Morgan fingerprint density at radius 1 is 1.65 bits per heavy atom. The molecule has 1 N–H and O–H groups in total. The van der Waals surface area contributed by atoms with Gasteiger partial charge in [0.1, 0.15) is 6.20 Å². The molecule has 0 aromatic carbocycles. The van der Waals surface area contributed by atoms with Crippen LogP contribution in [-0.4, -0.2) is 35.5 Å². The molecule has 7 heteroatoms. The molecule has 0 aliphatic heterocycles. The Hall–Kier alpha value is -1.92. The van der Waals surface area contributed by atoms with E-state index in [0.29, 0.717) is 17.7 Å². The summed E-state index contributed by atoms with van der Waals surface area (Å²) in [5.74, 6) is 1.42. The average molecular weight is 237 g/mol. The van der Waals surface area contributed by atoms with Crippen LogP contribution in [0.25, 0.3) is 0 Å². The maximum atomic E-state index is 10.9. The second-order valence-corrected chi connectivity index (χ2v) is 4.23. The van der Waals surface area contributed by atoms with Gasteiger partial charge in [-0.3, -0.25) is 10.1 Å². The lowest BCUT2D eigenvalue weighted by Crippen LogP contribution is -2.22. The fourth-order valence-corrected chi connectivity index (χ4v) is 1.67. The van der Waals surface area contributed by atoms with Gasteiger partial charge >= 0.3 is 5.69 Å². The SMILES string of the molecule is CNc1ncc([N+](=O)[O-])c(N(C)CC2CC2)n1. The molecular weight excluding hydrogens is 222 g/mol. The van der Waals surface area contributed by atoms with Gasteiger partial charge < -0.3 is 10.2 Å². The normalized spacial score (nSPS) is 14.5. The maximum Gasteiger partial charge on any atom is 0.329 e. The minimum Gasteiger partial charge on any atom is -0.357 e. The highest BCUT2D eigenvalue weighted by molar-refractivity contribution is 5.58. The van der Waals surface area contributed by atoms with Gasteiger partial charge in [-0.2, -0.15) is 4.98 Å². The van der Waals surface area contributed by atoms with Crippen LogP contribution in [0.15, 0.2) is 6.20 Å². The zero-order chi connectivity index (χ0) is 12.4. The zero-order valence-electron chi connectivity index (χ0n) is 9.88. The molecule has 92 valence electrons. The molecule has 7 nitrogen and oxygen atoms in total. The quantitative estimate of drug-likeness (QED) is 0.613. The first-order chi connectivity index (χ1) is 8.11. The molecule has 1 aliphatic carbocycles. The van der Waals surface area contributed by atoms with Crippen LogP contribution >= 0.6 is 0 Å². The molecule has 1 saturated carbocycles. The number of aromatic nitrogens is 2. The van der Waals surface area contributed by atoms with Crippen molar-refractivity contribution < 1.29 is 4.92 Å². The van der Waals surface area contributed by atoms with E-state index in [1.54, 1.807) is 7.05 Å². The van der Waals surface area contributed by atoms with Gasteiger partial charge in [0, 0.05) is 20.6 Å². The summed E-state index contributed by atoms with van der Waals surface area (Å²) in [7, 11) is 3.51. The third-order valence-electron chi connectivity index (χ3n) is 2.76. The van der Waals surface area contributed by atoms with Crippen LogP contribution in [0.4, 0.5) is 17.5 Å². The number of anilines is 2. The molecule has 1 aromatic rings. The van der Waals surface area contributed by atoms with Crippen LogP contribution in [0, 0.1) is 16.0 Å². The predicted molar refractivity (Wildman–Crippen MR) is 64.2 cm³/mol. The number of nitrogens with one attached hydrogen (secondary N) is 1. The Kier molecular flexibility index (Phi) is 3.08. The van der Waals surface area contributed by atoms with Crippen molar-refractivity contribution in [2.24, 2.45) is 5.92 Å². The molecule has 0 unspecified atom stereocenters. The largest absolute Gasteiger partial charge is 0.357 e. The van der Waals surface area contributed by atoms with Crippen molar-refractivity contribution in [1.82, 2.24) is 9.97 Å². The maximum absolute atomic E-state index is 10.9. The molecule has 2 rings (SSSR count). The van der Waals surface area contributed by atoms with Crippen molar-refractivity contribution in [3.8, 4) is 0 Å². The Morgan fingerprint density at radius 3 is 2.88 bits per heavy atom. The lowest BCUT2D eigenvalue weighted by molar-refractivity contribution is -0.384. The number of nitro groups is 1. The molecule has 0 spiro atoms. The van der Waals surface area contributed by atoms with Gasteiger partial charge in [0.15, 0.2) is 0 Å². The van der Waals surface area contributed by atoms with Gasteiger partial charge in [-0.15, -0.1) is 0 Å². The van der Waals surface area contributed by atoms with E-state index < -0.39 is 4.92 Å². The fourth-order valence-electron chi connectivity index (χ4n) is 1.67. The van der Waals surface area contributed by atoms with E-state index in [0.717, 1.165) is 6.54 Å². The van der Waals surface area contributed by atoms with Crippen molar-refractivity contribution in [2.45, 2.75) is 12.8 Å². The first-order valence-electron chi connectivity index (χ1n) is 5.52. The van der Waals surface area contributed by atoms with E-state index in [1.165, 1.54) is 19.0 Å². The summed E-state index contributed by atoms with van der Waals surface area (Å²) in [5.41, 5.74) is -0.0489. The molecule has 0 bridgehead atoms. The number of rotatable bonds is 5. The number of hydrogen-bond acceptors (Lipinski definition) is 6. The van der Waals surface area contributed by atoms with Crippen LogP contribution in [0.1, 0.15) is 12.8 Å². The number of nitrogens with zero attached hydrogens (tertiary/aromatic N) is 4. The van der Waals surface area contributed by atoms with Crippen molar-refractivity contribution in [3.05, 3.63) is 16.3 Å². The van der Waals surface area contributed by atoms with Gasteiger partial charge in [-0.05, 0) is 18.8 Å². The summed E-state index contributed by atoms with van der Waals surface area (Å²) in [6, 6.07) is 0. The molecule has 1 aliphatic rings. The second kappa shape index (κ2) is 4.52. The summed E-state index contributed by atoms with van der Waals surface area (Å²) in [6.07, 6.45) is 3.64. The molecule has 0 saturated heterocycles. The van der Waals surface area contributed by atoms with Crippen LogP contribution in [0.3, 0.4) is 0 Å². The van der Waals surface area contributed by atoms with E-state index in [-0.39, 0.29) is 5.69 Å². The monoisotopic (exact) mass is 237 g/mol. The molecule has 1 aromatic heterocycles. The zero-order valence-corrected chi connectivity index (χ0v) is 9.88. The standard InChI is InChI=1S/C10H15N5O2/c1-11-10-12-5-8(15(16)17)9(13-10)14(2)6-7-3-4-7/h5,7H,3-4,6H2,1-2H3,(H,11,12,13). The van der Waals surface area contributed by atoms with Crippen LogP contribution in [-0.2, 0) is 0 Å². The molecule has 0 amide bonds. The van der Waals surface area contributed by atoms with E-state index >= 15 is 0 Å². The lowest BCUT2D eigenvalue weighted by Gasteiger charge is -2.17. The summed E-state index contributed by atoms with van der Waals surface area (Å²) < 4.78 is 0. The first-order valence-corrected chi connectivity index (χ1v) is 5.52. The Balaban J connectivity index is 2.29. The highest BCUT2D eigenvalue weighted by Crippen LogP contribution is 2.32. The van der Waals surface area contributed by atoms with Gasteiger partial charge in [-0.25, -0.2) is 4.98 Å². The topological polar surface area (TPSA) is 84.2 Å². The Morgan fingerprint density at radius 2 is 2.35 bits per heavy atom. The minimum atomic E-state index is -0.446. The van der Waals surface area contributed by atoms with Gasteiger partial charge in [0.2, 0.25) is 11.8 Å². The van der Waals surface area contributed by atoms with Crippen molar-refractivity contribution >= 4 is 17.5 Å². The van der Waals surface area contributed by atoms with E-state index in [1.807, 2.05) is 11.9 Å². The third-order valence-corrected chi connectivity index (χ3v) is 2.76. The van der Waals surface area contributed by atoms with Gasteiger partial charge in [0.25, 0.3) is 0 Å². The predicted octanol–water partition coefficient (Wildman–Crippen LogP) is 1.27. The van der Waals surface area contributed by atoms with E-state index in [2.05, 4.69) is 15.3 Å². The van der Waals surface area contributed by atoms with Crippen LogP contribution < -0.4 is 10.2 Å².